The number of hydrogen-bond donors (Lipinski definition) is 0. The van der Waals surface area contributed by atoms with E-state index in [-0.39, 0.29) is 30.1 Å². The third-order valence-electron chi connectivity index (χ3n) is 5.65. The molecule has 3 aliphatic rings. The first-order valence-electron chi connectivity index (χ1n) is 8.50. The van der Waals surface area contributed by atoms with Crippen molar-refractivity contribution in [2.75, 3.05) is 18.0 Å². The van der Waals surface area contributed by atoms with Crippen LogP contribution in [0.5, 0.6) is 0 Å². The van der Waals surface area contributed by atoms with Gasteiger partial charge in [-0.25, -0.2) is 9.29 Å². The van der Waals surface area contributed by atoms with Crippen molar-refractivity contribution < 1.29 is 14.0 Å². The Bertz CT molecular complexity index is 616. The van der Waals surface area contributed by atoms with Gasteiger partial charge in [0, 0.05) is 13.1 Å². The van der Waals surface area contributed by atoms with Crippen LogP contribution in [0, 0.1) is 17.7 Å². The van der Waals surface area contributed by atoms with Gasteiger partial charge in [0.15, 0.2) is 0 Å². The number of rotatable bonds is 2. The minimum absolute atomic E-state index is 0.153. The van der Waals surface area contributed by atoms with E-state index >= 15 is 0 Å². The molecule has 0 aromatic heterocycles. The predicted molar refractivity (Wildman–Crippen MR) is 84.3 cm³/mol. The zero-order valence-electron chi connectivity index (χ0n) is 13.1. The molecule has 3 atom stereocenters. The average Bonchev–Trinajstić information content (AvgIpc) is 3.09. The SMILES string of the molecule is O=C1C[C@H](N2C[C@H]3CCCC[C@@H]3C2)C(=O)N1c1ccc(F)cc1. The second kappa shape index (κ2) is 5.71. The summed E-state index contributed by atoms with van der Waals surface area (Å²) in [4.78, 5) is 28.5. The summed E-state index contributed by atoms with van der Waals surface area (Å²) in [5.41, 5.74) is 0.473. The predicted octanol–water partition coefficient (Wildman–Crippen LogP) is 2.58. The lowest BCUT2D eigenvalue weighted by atomic mass is 9.82. The Hall–Kier alpha value is -1.75. The molecule has 0 radical (unpaired) electrons. The van der Waals surface area contributed by atoms with E-state index in [4.69, 9.17) is 0 Å². The van der Waals surface area contributed by atoms with E-state index in [0.717, 1.165) is 13.1 Å². The summed E-state index contributed by atoms with van der Waals surface area (Å²) in [5, 5.41) is 0. The van der Waals surface area contributed by atoms with Gasteiger partial charge in [-0.1, -0.05) is 12.8 Å². The summed E-state index contributed by atoms with van der Waals surface area (Å²) in [7, 11) is 0. The quantitative estimate of drug-likeness (QED) is 0.788. The summed E-state index contributed by atoms with van der Waals surface area (Å²) < 4.78 is 13.1. The maximum Gasteiger partial charge on any atom is 0.251 e. The molecule has 2 saturated heterocycles. The molecule has 0 bridgehead atoms. The smallest absolute Gasteiger partial charge is 0.251 e. The first-order chi connectivity index (χ1) is 11.1. The van der Waals surface area contributed by atoms with Crippen LogP contribution in [0.2, 0.25) is 0 Å². The summed E-state index contributed by atoms with van der Waals surface area (Å²) in [6, 6.07) is 5.23. The van der Waals surface area contributed by atoms with Gasteiger partial charge in [0.2, 0.25) is 5.91 Å². The number of carbonyl (C=O) groups is 2. The van der Waals surface area contributed by atoms with Gasteiger partial charge in [0.25, 0.3) is 5.91 Å². The van der Waals surface area contributed by atoms with Gasteiger partial charge in [0.1, 0.15) is 5.82 Å². The molecule has 5 heteroatoms. The summed E-state index contributed by atoms with van der Waals surface area (Å²) >= 11 is 0. The fraction of sp³-hybridized carbons (Fsp3) is 0.556. The number of benzene rings is 1. The van der Waals surface area contributed by atoms with Crippen LogP contribution in [0.3, 0.4) is 0 Å². The van der Waals surface area contributed by atoms with Crippen molar-refractivity contribution in [3.8, 4) is 0 Å². The third kappa shape index (κ3) is 2.57. The van der Waals surface area contributed by atoms with E-state index in [9.17, 15) is 14.0 Å². The average molecular weight is 316 g/mol. The Morgan fingerprint density at radius 3 is 2.17 bits per heavy atom. The Morgan fingerprint density at radius 1 is 0.957 bits per heavy atom. The second-order valence-corrected chi connectivity index (χ2v) is 7.02. The number of amides is 2. The van der Waals surface area contributed by atoms with Crippen LogP contribution in [0.25, 0.3) is 0 Å². The first kappa shape index (κ1) is 14.8. The van der Waals surface area contributed by atoms with Gasteiger partial charge < -0.3 is 0 Å². The molecule has 1 aromatic rings. The van der Waals surface area contributed by atoms with Crippen LogP contribution in [-0.4, -0.2) is 35.8 Å². The molecular formula is C18H21FN2O2. The van der Waals surface area contributed by atoms with E-state index in [1.54, 1.807) is 0 Å². The molecule has 1 aromatic carbocycles. The van der Waals surface area contributed by atoms with Crippen LogP contribution in [0.15, 0.2) is 24.3 Å². The van der Waals surface area contributed by atoms with Crippen molar-refractivity contribution in [1.82, 2.24) is 4.90 Å². The molecule has 4 rings (SSSR count). The molecule has 2 heterocycles. The van der Waals surface area contributed by atoms with Gasteiger partial charge in [0.05, 0.1) is 18.2 Å². The molecule has 1 aliphatic carbocycles. The molecule has 2 amide bonds. The first-order valence-corrected chi connectivity index (χ1v) is 8.50. The van der Waals surface area contributed by atoms with Crippen molar-refractivity contribution in [3.05, 3.63) is 30.1 Å². The molecule has 1 saturated carbocycles. The van der Waals surface area contributed by atoms with Crippen molar-refractivity contribution >= 4 is 17.5 Å². The Morgan fingerprint density at radius 2 is 1.57 bits per heavy atom. The maximum atomic E-state index is 13.1. The summed E-state index contributed by atoms with van der Waals surface area (Å²) in [6.45, 7) is 1.87. The molecule has 0 N–H and O–H groups in total. The topological polar surface area (TPSA) is 40.6 Å². The Balaban J connectivity index is 1.52. The number of fused-ring (bicyclic) bond motifs is 1. The van der Waals surface area contributed by atoms with Crippen molar-refractivity contribution in [2.45, 2.75) is 38.1 Å². The van der Waals surface area contributed by atoms with E-state index in [1.165, 1.54) is 54.8 Å². The number of hydrogen-bond acceptors (Lipinski definition) is 3. The van der Waals surface area contributed by atoms with Gasteiger partial charge >= 0.3 is 0 Å². The van der Waals surface area contributed by atoms with E-state index in [2.05, 4.69) is 4.90 Å². The number of imide groups is 1. The lowest BCUT2D eigenvalue weighted by molar-refractivity contribution is -0.122. The van der Waals surface area contributed by atoms with Crippen LogP contribution < -0.4 is 4.90 Å². The molecule has 4 nitrogen and oxygen atoms in total. The van der Waals surface area contributed by atoms with Crippen LogP contribution in [0.1, 0.15) is 32.1 Å². The molecule has 0 spiro atoms. The number of carbonyl (C=O) groups excluding carboxylic acids is 2. The fourth-order valence-corrected chi connectivity index (χ4v) is 4.46. The highest BCUT2D eigenvalue weighted by molar-refractivity contribution is 6.22. The van der Waals surface area contributed by atoms with E-state index in [0.29, 0.717) is 17.5 Å². The molecule has 23 heavy (non-hydrogen) atoms. The lowest BCUT2D eigenvalue weighted by Gasteiger charge is -2.23. The van der Waals surface area contributed by atoms with Crippen molar-refractivity contribution in [3.63, 3.8) is 0 Å². The van der Waals surface area contributed by atoms with Crippen molar-refractivity contribution in [2.24, 2.45) is 11.8 Å². The largest absolute Gasteiger partial charge is 0.291 e. The zero-order chi connectivity index (χ0) is 16.0. The minimum Gasteiger partial charge on any atom is -0.291 e. The highest BCUT2D eigenvalue weighted by Gasteiger charge is 2.46. The van der Waals surface area contributed by atoms with Crippen molar-refractivity contribution in [1.29, 1.82) is 0 Å². The lowest BCUT2D eigenvalue weighted by Crippen LogP contribution is -2.41. The fourth-order valence-electron chi connectivity index (χ4n) is 4.46. The standard InChI is InChI=1S/C18H21FN2O2/c19-14-5-7-15(8-6-14)21-17(22)9-16(18(21)23)20-10-12-3-1-2-4-13(12)11-20/h5-8,12-13,16H,1-4,9-11H2/t12-,13-,16+/m1/s1. The zero-order valence-corrected chi connectivity index (χ0v) is 13.1. The molecule has 3 fully saturated rings. The highest BCUT2D eigenvalue weighted by Crippen LogP contribution is 2.38. The van der Waals surface area contributed by atoms with Gasteiger partial charge in [-0.15, -0.1) is 0 Å². The number of nitrogens with zero attached hydrogens (tertiary/aromatic N) is 2. The van der Waals surface area contributed by atoms with Crippen LogP contribution in [-0.2, 0) is 9.59 Å². The number of halogens is 1. The van der Waals surface area contributed by atoms with Crippen LogP contribution in [0.4, 0.5) is 10.1 Å². The van der Waals surface area contributed by atoms with Gasteiger partial charge in [-0.05, 0) is 48.9 Å². The highest BCUT2D eigenvalue weighted by atomic mass is 19.1. The van der Waals surface area contributed by atoms with Gasteiger partial charge in [-0.2, -0.15) is 0 Å². The van der Waals surface area contributed by atoms with Gasteiger partial charge in [-0.3, -0.25) is 14.5 Å². The minimum atomic E-state index is -0.368. The number of anilines is 1. The molecule has 122 valence electrons. The summed E-state index contributed by atoms with van der Waals surface area (Å²) in [5.74, 6) is 0.674. The van der Waals surface area contributed by atoms with E-state index in [1.807, 2.05) is 0 Å². The van der Waals surface area contributed by atoms with Crippen LogP contribution >= 0.6 is 0 Å². The third-order valence-corrected chi connectivity index (χ3v) is 5.65. The molecule has 0 unspecified atom stereocenters. The molecule has 2 aliphatic heterocycles. The Kier molecular flexibility index (Phi) is 3.68. The normalized spacial score (nSPS) is 31.7. The maximum absolute atomic E-state index is 13.1. The summed E-state index contributed by atoms with van der Waals surface area (Å²) in [6.07, 6.45) is 5.31. The molecular weight excluding hydrogens is 295 g/mol. The number of likely N-dealkylation sites (tertiary alicyclic amines) is 1. The Labute approximate surface area is 135 Å². The monoisotopic (exact) mass is 316 g/mol. The van der Waals surface area contributed by atoms with E-state index < -0.39 is 0 Å². The second-order valence-electron chi connectivity index (χ2n) is 7.02.